The number of nitrogens with two attached hydrogens (primary N) is 1. The van der Waals surface area contributed by atoms with E-state index in [0.717, 1.165) is 19.4 Å². The molecule has 1 aliphatic heterocycles. The molecular formula is C14H20ClFN2O. The molecule has 2 atom stereocenters. The van der Waals surface area contributed by atoms with Gasteiger partial charge in [-0.15, -0.1) is 0 Å². The van der Waals surface area contributed by atoms with E-state index in [-0.39, 0.29) is 17.5 Å². The van der Waals surface area contributed by atoms with Crippen LogP contribution in [0.25, 0.3) is 0 Å². The van der Waals surface area contributed by atoms with Gasteiger partial charge in [0.25, 0.3) is 0 Å². The van der Waals surface area contributed by atoms with Crippen molar-refractivity contribution in [2.45, 2.75) is 31.4 Å². The maximum Gasteiger partial charge on any atom is 0.128 e. The van der Waals surface area contributed by atoms with Gasteiger partial charge < -0.3 is 15.8 Å². The minimum Gasteiger partial charge on any atom is -0.374 e. The summed E-state index contributed by atoms with van der Waals surface area (Å²) in [7, 11) is 0. The van der Waals surface area contributed by atoms with E-state index in [2.05, 4.69) is 12.2 Å². The van der Waals surface area contributed by atoms with E-state index in [0.29, 0.717) is 23.7 Å². The Balaban J connectivity index is 2.05. The second-order valence-electron chi connectivity index (χ2n) is 5.24. The van der Waals surface area contributed by atoms with Gasteiger partial charge in [-0.05, 0) is 38.0 Å². The Morgan fingerprint density at radius 3 is 3.00 bits per heavy atom. The highest BCUT2D eigenvalue weighted by Gasteiger charge is 2.30. The largest absolute Gasteiger partial charge is 0.374 e. The fourth-order valence-corrected chi connectivity index (χ4v) is 2.60. The first-order chi connectivity index (χ1) is 9.04. The van der Waals surface area contributed by atoms with E-state index in [4.69, 9.17) is 22.1 Å². The first kappa shape index (κ1) is 14.7. The topological polar surface area (TPSA) is 47.3 Å². The smallest absolute Gasteiger partial charge is 0.128 e. The van der Waals surface area contributed by atoms with Crippen LogP contribution in [0.2, 0.25) is 5.02 Å². The van der Waals surface area contributed by atoms with Crippen LogP contribution in [0, 0.1) is 5.82 Å². The van der Waals surface area contributed by atoms with Crippen molar-refractivity contribution in [2.24, 2.45) is 5.73 Å². The van der Waals surface area contributed by atoms with E-state index >= 15 is 0 Å². The molecule has 0 aromatic heterocycles. The minimum absolute atomic E-state index is 0.178. The molecule has 1 fully saturated rings. The zero-order valence-electron chi connectivity index (χ0n) is 11.1. The fourth-order valence-electron chi connectivity index (χ4n) is 2.42. The molecule has 0 amide bonds. The number of hydrogen-bond donors (Lipinski definition) is 2. The van der Waals surface area contributed by atoms with Crippen molar-refractivity contribution in [1.29, 1.82) is 0 Å². The van der Waals surface area contributed by atoms with Gasteiger partial charge in [0.05, 0.1) is 5.60 Å². The summed E-state index contributed by atoms with van der Waals surface area (Å²) >= 11 is 5.91. The molecule has 5 heteroatoms. The molecule has 1 aliphatic rings. The number of hydrogen-bond acceptors (Lipinski definition) is 3. The van der Waals surface area contributed by atoms with Crippen molar-refractivity contribution in [2.75, 3.05) is 19.7 Å². The predicted octanol–water partition coefficient (Wildman–Crippen LogP) is 2.64. The van der Waals surface area contributed by atoms with E-state index in [1.807, 2.05) is 0 Å². The third kappa shape index (κ3) is 3.66. The molecule has 0 radical (unpaired) electrons. The summed E-state index contributed by atoms with van der Waals surface area (Å²) in [5.41, 5.74) is 6.07. The van der Waals surface area contributed by atoms with Crippen LogP contribution >= 0.6 is 11.6 Å². The Labute approximate surface area is 118 Å². The van der Waals surface area contributed by atoms with Gasteiger partial charge >= 0.3 is 0 Å². The molecule has 106 valence electrons. The van der Waals surface area contributed by atoms with Gasteiger partial charge in [-0.25, -0.2) is 4.39 Å². The Bertz CT molecular complexity index is 435. The second kappa shape index (κ2) is 6.18. The van der Waals surface area contributed by atoms with Crippen LogP contribution in [-0.2, 0) is 4.74 Å². The van der Waals surface area contributed by atoms with Crippen LogP contribution < -0.4 is 11.1 Å². The SMILES string of the molecule is CC1(CNC(CN)c2cc(Cl)ccc2F)CCCO1. The summed E-state index contributed by atoms with van der Waals surface area (Å²) in [4.78, 5) is 0. The van der Waals surface area contributed by atoms with Gasteiger partial charge in [-0.2, -0.15) is 0 Å². The average Bonchev–Trinajstić information content (AvgIpc) is 2.81. The number of benzene rings is 1. The maximum absolute atomic E-state index is 13.8. The first-order valence-electron chi connectivity index (χ1n) is 6.56. The fraction of sp³-hybridized carbons (Fsp3) is 0.571. The van der Waals surface area contributed by atoms with Crippen molar-refractivity contribution in [3.05, 3.63) is 34.6 Å². The van der Waals surface area contributed by atoms with Crippen molar-refractivity contribution >= 4 is 11.6 Å². The van der Waals surface area contributed by atoms with Crippen molar-refractivity contribution in [3.63, 3.8) is 0 Å². The lowest BCUT2D eigenvalue weighted by molar-refractivity contribution is 0.0188. The molecule has 3 nitrogen and oxygen atoms in total. The van der Waals surface area contributed by atoms with Gasteiger partial charge in [0.1, 0.15) is 5.82 Å². The van der Waals surface area contributed by atoms with Gasteiger partial charge in [0.15, 0.2) is 0 Å². The van der Waals surface area contributed by atoms with Crippen LogP contribution in [0.4, 0.5) is 4.39 Å². The molecule has 19 heavy (non-hydrogen) atoms. The van der Waals surface area contributed by atoms with Gasteiger partial charge in [0, 0.05) is 36.3 Å². The summed E-state index contributed by atoms with van der Waals surface area (Å²) in [6.45, 7) is 3.82. The zero-order chi connectivity index (χ0) is 13.9. The Kier molecular flexibility index (Phi) is 4.79. The lowest BCUT2D eigenvalue weighted by atomic mass is 10.0. The predicted molar refractivity (Wildman–Crippen MR) is 74.8 cm³/mol. The van der Waals surface area contributed by atoms with Gasteiger partial charge in [-0.1, -0.05) is 11.6 Å². The van der Waals surface area contributed by atoms with Crippen LogP contribution in [0.15, 0.2) is 18.2 Å². The number of halogens is 2. The molecule has 1 saturated heterocycles. The molecule has 3 N–H and O–H groups in total. The molecule has 0 bridgehead atoms. The molecule has 2 rings (SSSR count). The van der Waals surface area contributed by atoms with E-state index in [1.54, 1.807) is 6.07 Å². The Morgan fingerprint density at radius 2 is 2.37 bits per heavy atom. The summed E-state index contributed by atoms with van der Waals surface area (Å²) in [5.74, 6) is -0.287. The van der Waals surface area contributed by atoms with Crippen LogP contribution in [-0.4, -0.2) is 25.3 Å². The van der Waals surface area contributed by atoms with E-state index in [9.17, 15) is 4.39 Å². The second-order valence-corrected chi connectivity index (χ2v) is 5.67. The van der Waals surface area contributed by atoms with Crippen LogP contribution in [0.1, 0.15) is 31.4 Å². The molecule has 1 aromatic rings. The Hall–Kier alpha value is -0.680. The van der Waals surface area contributed by atoms with Gasteiger partial charge in [0.2, 0.25) is 0 Å². The third-order valence-corrected chi connectivity index (χ3v) is 3.83. The van der Waals surface area contributed by atoms with Gasteiger partial charge in [-0.3, -0.25) is 0 Å². The average molecular weight is 287 g/mol. The van der Waals surface area contributed by atoms with Crippen molar-refractivity contribution in [1.82, 2.24) is 5.32 Å². The Morgan fingerprint density at radius 1 is 1.58 bits per heavy atom. The highest BCUT2D eigenvalue weighted by atomic mass is 35.5. The van der Waals surface area contributed by atoms with E-state index in [1.165, 1.54) is 12.1 Å². The number of ether oxygens (including phenoxy) is 1. The first-order valence-corrected chi connectivity index (χ1v) is 6.94. The van der Waals surface area contributed by atoms with Crippen molar-refractivity contribution < 1.29 is 9.13 Å². The minimum atomic E-state index is -0.287. The number of nitrogens with one attached hydrogen (secondary N) is 1. The highest BCUT2D eigenvalue weighted by Crippen LogP contribution is 2.26. The molecule has 1 heterocycles. The summed E-state index contributed by atoms with van der Waals surface area (Å²) in [6.07, 6.45) is 2.08. The maximum atomic E-state index is 13.8. The summed E-state index contributed by atoms with van der Waals surface area (Å²) in [6, 6.07) is 4.28. The quantitative estimate of drug-likeness (QED) is 0.875. The van der Waals surface area contributed by atoms with Crippen molar-refractivity contribution in [3.8, 4) is 0 Å². The number of rotatable bonds is 5. The molecule has 2 unspecified atom stereocenters. The lowest BCUT2D eigenvalue weighted by Gasteiger charge is -2.27. The third-order valence-electron chi connectivity index (χ3n) is 3.59. The summed E-state index contributed by atoms with van der Waals surface area (Å²) < 4.78 is 19.5. The van der Waals surface area contributed by atoms with Crippen LogP contribution in [0.5, 0.6) is 0 Å². The van der Waals surface area contributed by atoms with Crippen LogP contribution in [0.3, 0.4) is 0 Å². The molecular weight excluding hydrogens is 267 g/mol. The standard InChI is InChI=1S/C14H20ClFN2O/c1-14(5-2-6-19-14)9-18-13(8-17)11-7-10(15)3-4-12(11)16/h3-4,7,13,18H,2,5-6,8-9,17H2,1H3. The molecule has 0 spiro atoms. The monoisotopic (exact) mass is 286 g/mol. The zero-order valence-corrected chi connectivity index (χ0v) is 11.8. The normalized spacial score (nSPS) is 24.6. The summed E-state index contributed by atoms with van der Waals surface area (Å²) in [5, 5.41) is 3.80. The molecule has 0 aliphatic carbocycles. The molecule has 1 aromatic carbocycles. The molecule has 0 saturated carbocycles. The lowest BCUT2D eigenvalue weighted by Crippen LogP contribution is -2.41. The highest BCUT2D eigenvalue weighted by molar-refractivity contribution is 6.30. The van der Waals surface area contributed by atoms with E-state index < -0.39 is 0 Å².